The number of anilines is 1. The molecule has 1 unspecified atom stereocenters. The Morgan fingerprint density at radius 1 is 0.953 bits per heavy atom. The van der Waals surface area contributed by atoms with Gasteiger partial charge >= 0.3 is 0 Å². The van der Waals surface area contributed by atoms with E-state index in [2.05, 4.69) is 32.8 Å². The van der Waals surface area contributed by atoms with Crippen LogP contribution in [0.1, 0.15) is 77.5 Å². The van der Waals surface area contributed by atoms with Gasteiger partial charge in [0.05, 0.1) is 17.1 Å². The smallest absolute Gasteiger partial charge is 0.223 e. The van der Waals surface area contributed by atoms with Crippen LogP contribution in [0.5, 0.6) is 0 Å². The number of carbonyl (C=O) groups is 3. The number of ketones is 2. The minimum Gasteiger partial charge on any atom is -0.382 e. The molecule has 3 aromatic rings. The predicted molar refractivity (Wildman–Crippen MR) is 172 cm³/mol. The zero-order chi connectivity index (χ0) is 30.8. The van der Waals surface area contributed by atoms with Crippen LogP contribution in [0.15, 0.2) is 24.3 Å². The van der Waals surface area contributed by atoms with E-state index in [1.165, 1.54) is 0 Å². The molecule has 2 aromatic heterocycles. The normalized spacial score (nSPS) is 14.9. The van der Waals surface area contributed by atoms with E-state index in [1.54, 1.807) is 14.0 Å². The SMILES string of the molecule is CCCCc1nc2c(N)nc3ccccc3c2n1CCN1CCN(C(=O)CCC(=O)CCCCCC(NC)C(C)=O)CC1. The van der Waals surface area contributed by atoms with E-state index < -0.39 is 0 Å². The number of nitrogen functional groups attached to an aromatic ring is 1. The lowest BCUT2D eigenvalue weighted by Gasteiger charge is -2.35. The van der Waals surface area contributed by atoms with Crippen LogP contribution < -0.4 is 11.1 Å². The molecule has 0 spiro atoms. The molecule has 3 heterocycles. The summed E-state index contributed by atoms with van der Waals surface area (Å²) in [7, 11) is 1.80. The maximum Gasteiger partial charge on any atom is 0.223 e. The van der Waals surface area contributed by atoms with Gasteiger partial charge in [0.2, 0.25) is 5.91 Å². The van der Waals surface area contributed by atoms with Gasteiger partial charge in [-0.3, -0.25) is 19.3 Å². The number of piperazine rings is 1. The predicted octanol–water partition coefficient (Wildman–Crippen LogP) is 4.13. The highest BCUT2D eigenvalue weighted by Crippen LogP contribution is 2.29. The number of benzene rings is 1. The summed E-state index contributed by atoms with van der Waals surface area (Å²) in [5, 5.41) is 4.10. The Labute approximate surface area is 255 Å². The molecule has 1 saturated heterocycles. The first kappa shape index (κ1) is 32.5. The first-order chi connectivity index (χ1) is 20.8. The molecule has 43 heavy (non-hydrogen) atoms. The van der Waals surface area contributed by atoms with E-state index >= 15 is 0 Å². The second-order valence-corrected chi connectivity index (χ2v) is 11.8. The highest BCUT2D eigenvalue weighted by atomic mass is 16.2. The van der Waals surface area contributed by atoms with Gasteiger partial charge in [0.1, 0.15) is 22.9 Å². The molecule has 10 nitrogen and oxygen atoms in total. The first-order valence-corrected chi connectivity index (χ1v) is 16.0. The Morgan fingerprint density at radius 3 is 2.44 bits per heavy atom. The lowest BCUT2D eigenvalue weighted by molar-refractivity contribution is -0.134. The number of rotatable bonds is 17. The van der Waals surface area contributed by atoms with E-state index in [0.717, 1.165) is 98.9 Å². The number of pyridine rings is 1. The van der Waals surface area contributed by atoms with Crippen LogP contribution in [0, 0.1) is 0 Å². The molecule has 1 aromatic carbocycles. The molecule has 0 aliphatic carbocycles. The number of nitrogens with one attached hydrogen (secondary N) is 1. The molecular formula is C33H49N7O3. The third-order valence-corrected chi connectivity index (χ3v) is 8.71. The fourth-order valence-electron chi connectivity index (χ4n) is 6.06. The third-order valence-electron chi connectivity index (χ3n) is 8.71. The van der Waals surface area contributed by atoms with Crippen LogP contribution in [-0.2, 0) is 27.3 Å². The van der Waals surface area contributed by atoms with Gasteiger partial charge in [-0.25, -0.2) is 9.97 Å². The number of nitrogens with zero attached hydrogens (tertiary/aromatic N) is 5. The van der Waals surface area contributed by atoms with Gasteiger partial charge in [0, 0.05) is 70.3 Å². The highest BCUT2D eigenvalue weighted by Gasteiger charge is 2.23. The van der Waals surface area contributed by atoms with Crippen molar-refractivity contribution in [2.75, 3.05) is 45.5 Å². The maximum absolute atomic E-state index is 12.8. The number of aryl methyl sites for hydroxylation is 1. The molecule has 10 heteroatoms. The number of amides is 1. The van der Waals surface area contributed by atoms with Gasteiger partial charge in [0.15, 0.2) is 5.82 Å². The second-order valence-electron chi connectivity index (χ2n) is 11.8. The second kappa shape index (κ2) is 15.9. The summed E-state index contributed by atoms with van der Waals surface area (Å²) < 4.78 is 2.33. The fraction of sp³-hybridized carbons (Fsp3) is 0.606. The molecule has 1 aliphatic heterocycles. The number of nitrogens with two attached hydrogens (primary N) is 1. The standard InChI is InChI=1S/C33H49N7O3/c1-4-5-15-29-37-31-32(26-12-9-10-14-28(26)36-33(31)34)40(29)23-20-38-18-21-39(22-19-38)30(43)17-16-25(42)11-7-6-8-13-27(35-3)24(2)41/h9-10,12,14,27,35H,4-8,11,13,15-23H2,1-3H3,(H2,34,36). The number of hydrogen-bond donors (Lipinski definition) is 2. The van der Waals surface area contributed by atoms with Crippen molar-refractivity contribution in [3.8, 4) is 0 Å². The minimum absolute atomic E-state index is 0.0724. The Kier molecular flexibility index (Phi) is 12.0. The largest absolute Gasteiger partial charge is 0.382 e. The van der Waals surface area contributed by atoms with Crippen LogP contribution in [0.4, 0.5) is 5.82 Å². The molecule has 1 atom stereocenters. The number of aromatic nitrogens is 3. The zero-order valence-electron chi connectivity index (χ0n) is 26.2. The molecule has 1 aliphatic rings. The van der Waals surface area contributed by atoms with Gasteiger partial charge in [-0.15, -0.1) is 0 Å². The molecule has 0 radical (unpaired) electrons. The number of unbranched alkanes of at least 4 members (excludes halogenated alkanes) is 3. The highest BCUT2D eigenvalue weighted by molar-refractivity contribution is 6.06. The molecule has 3 N–H and O–H groups in total. The summed E-state index contributed by atoms with van der Waals surface area (Å²) in [6, 6.07) is 8.01. The number of likely N-dealkylation sites (N-methyl/N-ethyl adjacent to an activating group) is 1. The monoisotopic (exact) mass is 591 g/mol. The van der Waals surface area contributed by atoms with Crippen molar-refractivity contribution in [3.05, 3.63) is 30.1 Å². The summed E-state index contributed by atoms with van der Waals surface area (Å²) in [4.78, 5) is 50.5. The van der Waals surface area contributed by atoms with Crippen LogP contribution in [0.25, 0.3) is 21.9 Å². The third kappa shape index (κ3) is 8.60. The van der Waals surface area contributed by atoms with Gasteiger partial charge in [-0.1, -0.05) is 44.4 Å². The van der Waals surface area contributed by atoms with Gasteiger partial charge < -0.3 is 20.5 Å². The number of para-hydroxylation sites is 1. The molecule has 0 saturated carbocycles. The summed E-state index contributed by atoms with van der Waals surface area (Å²) in [5.41, 5.74) is 9.08. The van der Waals surface area contributed by atoms with Gasteiger partial charge in [-0.2, -0.15) is 0 Å². The van der Waals surface area contributed by atoms with Crippen molar-refractivity contribution in [2.45, 2.75) is 90.6 Å². The molecule has 234 valence electrons. The summed E-state index contributed by atoms with van der Waals surface area (Å²) >= 11 is 0. The lowest BCUT2D eigenvalue weighted by Crippen LogP contribution is -2.49. The van der Waals surface area contributed by atoms with Crippen molar-refractivity contribution in [2.24, 2.45) is 0 Å². The van der Waals surface area contributed by atoms with E-state index in [9.17, 15) is 14.4 Å². The van der Waals surface area contributed by atoms with E-state index in [0.29, 0.717) is 31.7 Å². The number of imidazole rings is 1. The fourth-order valence-corrected chi connectivity index (χ4v) is 6.06. The summed E-state index contributed by atoms with van der Waals surface area (Å²) in [6.07, 6.45) is 7.61. The van der Waals surface area contributed by atoms with Crippen LogP contribution in [-0.4, -0.2) is 87.6 Å². The Balaban J connectivity index is 1.24. The van der Waals surface area contributed by atoms with Crippen LogP contribution >= 0.6 is 0 Å². The van der Waals surface area contributed by atoms with Crippen molar-refractivity contribution in [1.82, 2.24) is 29.7 Å². The molecule has 1 fully saturated rings. The van der Waals surface area contributed by atoms with Crippen molar-refractivity contribution < 1.29 is 14.4 Å². The van der Waals surface area contributed by atoms with Crippen LogP contribution in [0.3, 0.4) is 0 Å². The Hall–Kier alpha value is -3.37. The van der Waals surface area contributed by atoms with E-state index in [4.69, 9.17) is 10.7 Å². The Morgan fingerprint density at radius 2 is 1.72 bits per heavy atom. The summed E-state index contributed by atoms with van der Waals surface area (Å²) in [5.74, 6) is 1.90. The topological polar surface area (TPSA) is 126 Å². The molecule has 4 rings (SSSR count). The van der Waals surface area contributed by atoms with Gasteiger partial charge in [-0.05, 0) is 39.3 Å². The average Bonchev–Trinajstić information content (AvgIpc) is 3.38. The maximum atomic E-state index is 12.8. The number of Topliss-reactive ketones (excluding diaryl/α,β-unsaturated/α-hetero) is 2. The van der Waals surface area contributed by atoms with E-state index in [1.807, 2.05) is 23.1 Å². The zero-order valence-corrected chi connectivity index (χ0v) is 26.2. The van der Waals surface area contributed by atoms with E-state index in [-0.39, 0.29) is 29.9 Å². The van der Waals surface area contributed by atoms with Crippen molar-refractivity contribution in [1.29, 1.82) is 0 Å². The Bertz CT molecular complexity index is 1390. The molecule has 1 amide bonds. The minimum atomic E-state index is -0.0971. The molecule has 0 bridgehead atoms. The quantitative estimate of drug-likeness (QED) is 0.225. The van der Waals surface area contributed by atoms with Crippen LogP contribution in [0.2, 0.25) is 0 Å². The molecular weight excluding hydrogens is 542 g/mol. The first-order valence-electron chi connectivity index (χ1n) is 16.0. The van der Waals surface area contributed by atoms with Gasteiger partial charge in [0.25, 0.3) is 0 Å². The number of fused-ring (bicyclic) bond motifs is 3. The van der Waals surface area contributed by atoms with Crippen molar-refractivity contribution >= 4 is 45.2 Å². The number of hydrogen-bond acceptors (Lipinski definition) is 8. The number of carbonyl (C=O) groups excluding carboxylic acids is 3. The lowest BCUT2D eigenvalue weighted by atomic mass is 10.0. The van der Waals surface area contributed by atoms with Crippen molar-refractivity contribution in [3.63, 3.8) is 0 Å². The average molecular weight is 592 g/mol. The summed E-state index contributed by atoms with van der Waals surface area (Å²) in [6.45, 7) is 8.45.